The van der Waals surface area contributed by atoms with Crippen LogP contribution in [-0.2, 0) is 14.8 Å². The minimum atomic E-state index is -3.84. The third-order valence-electron chi connectivity index (χ3n) is 3.95. The molecule has 2 aromatic rings. The number of hydrogen-bond acceptors (Lipinski definition) is 4. The van der Waals surface area contributed by atoms with Crippen molar-refractivity contribution in [1.82, 2.24) is 4.31 Å². The molecule has 0 atom stereocenters. The van der Waals surface area contributed by atoms with E-state index in [1.807, 2.05) is 0 Å². The van der Waals surface area contributed by atoms with Crippen LogP contribution in [0.15, 0.2) is 45.8 Å². The summed E-state index contributed by atoms with van der Waals surface area (Å²) in [4.78, 5) is 12.2. The average Bonchev–Trinajstić information content (AvgIpc) is 2.63. The molecule has 3 rings (SSSR count). The number of halogens is 3. The lowest BCUT2D eigenvalue weighted by Gasteiger charge is -2.26. The first-order chi connectivity index (χ1) is 12.8. The molecule has 1 aliphatic heterocycles. The van der Waals surface area contributed by atoms with Crippen LogP contribution in [-0.4, -0.2) is 44.9 Å². The van der Waals surface area contributed by atoms with Crippen LogP contribution < -0.4 is 5.32 Å². The third kappa shape index (κ3) is 4.49. The maximum Gasteiger partial charge on any atom is 0.258 e. The number of benzene rings is 2. The lowest BCUT2D eigenvalue weighted by atomic mass is 10.2. The van der Waals surface area contributed by atoms with E-state index in [9.17, 15) is 17.6 Å². The molecule has 0 aromatic heterocycles. The number of sulfonamides is 1. The van der Waals surface area contributed by atoms with Gasteiger partial charge >= 0.3 is 0 Å². The summed E-state index contributed by atoms with van der Waals surface area (Å²) in [6.45, 7) is 1.05. The molecule has 1 saturated heterocycles. The van der Waals surface area contributed by atoms with Crippen molar-refractivity contribution >= 4 is 49.1 Å². The van der Waals surface area contributed by atoms with E-state index in [0.717, 1.165) is 0 Å². The minimum absolute atomic E-state index is 0.0364. The molecule has 1 N–H and O–H groups in total. The molecule has 10 heteroatoms. The van der Waals surface area contributed by atoms with Gasteiger partial charge in [0.25, 0.3) is 5.91 Å². The van der Waals surface area contributed by atoms with Crippen molar-refractivity contribution in [2.45, 2.75) is 4.90 Å². The molecule has 1 fully saturated rings. The summed E-state index contributed by atoms with van der Waals surface area (Å²) in [6, 6.07) is 8.13. The van der Waals surface area contributed by atoms with Gasteiger partial charge in [-0.1, -0.05) is 27.5 Å². The quantitative estimate of drug-likeness (QED) is 0.731. The van der Waals surface area contributed by atoms with Gasteiger partial charge in [0.1, 0.15) is 10.7 Å². The maximum absolute atomic E-state index is 14.0. The van der Waals surface area contributed by atoms with Gasteiger partial charge in [0.05, 0.1) is 23.8 Å². The van der Waals surface area contributed by atoms with Crippen LogP contribution in [0.3, 0.4) is 0 Å². The van der Waals surface area contributed by atoms with Gasteiger partial charge in [0.2, 0.25) is 10.0 Å². The number of carbonyl (C=O) groups is 1. The van der Waals surface area contributed by atoms with Crippen molar-refractivity contribution in [2.75, 3.05) is 31.6 Å². The Morgan fingerprint density at radius 2 is 1.89 bits per heavy atom. The number of rotatable bonds is 4. The number of nitrogens with one attached hydrogen (secondary N) is 1. The van der Waals surface area contributed by atoms with Gasteiger partial charge in [-0.3, -0.25) is 4.79 Å². The molecule has 0 bridgehead atoms. The van der Waals surface area contributed by atoms with E-state index in [4.69, 9.17) is 16.3 Å². The highest BCUT2D eigenvalue weighted by molar-refractivity contribution is 9.10. The molecule has 0 saturated carbocycles. The molecule has 0 spiro atoms. The van der Waals surface area contributed by atoms with E-state index >= 15 is 0 Å². The molecule has 6 nitrogen and oxygen atoms in total. The van der Waals surface area contributed by atoms with Gasteiger partial charge < -0.3 is 10.1 Å². The summed E-state index contributed by atoms with van der Waals surface area (Å²) in [6.07, 6.45) is 0. The lowest BCUT2D eigenvalue weighted by molar-refractivity contribution is 0.0730. The van der Waals surface area contributed by atoms with Crippen molar-refractivity contribution in [3.05, 3.63) is 57.3 Å². The first-order valence-electron chi connectivity index (χ1n) is 7.93. The van der Waals surface area contributed by atoms with Crippen LogP contribution in [0.5, 0.6) is 0 Å². The zero-order chi connectivity index (χ0) is 19.6. The van der Waals surface area contributed by atoms with Gasteiger partial charge in [-0.05, 0) is 36.4 Å². The second kappa shape index (κ2) is 8.24. The largest absolute Gasteiger partial charge is 0.379 e. The Balaban J connectivity index is 1.88. The molecule has 1 heterocycles. The summed E-state index contributed by atoms with van der Waals surface area (Å²) in [5, 5.41) is 2.54. The fourth-order valence-electron chi connectivity index (χ4n) is 2.58. The zero-order valence-corrected chi connectivity index (χ0v) is 17.1. The van der Waals surface area contributed by atoms with E-state index in [1.54, 1.807) is 0 Å². The maximum atomic E-state index is 14.0. The molecular formula is C17H15BrClFN2O4S. The summed E-state index contributed by atoms with van der Waals surface area (Å²) < 4.78 is 46.5. The topological polar surface area (TPSA) is 75.7 Å². The zero-order valence-electron chi connectivity index (χ0n) is 13.9. The van der Waals surface area contributed by atoms with Crippen molar-refractivity contribution in [1.29, 1.82) is 0 Å². The number of amides is 1. The molecule has 27 heavy (non-hydrogen) atoms. The number of carbonyl (C=O) groups excluding carboxylic acids is 1. The van der Waals surface area contributed by atoms with Crippen LogP contribution in [0.1, 0.15) is 10.4 Å². The summed E-state index contributed by atoms with van der Waals surface area (Å²) in [5.74, 6) is -1.39. The Bertz CT molecular complexity index is 981. The summed E-state index contributed by atoms with van der Waals surface area (Å²) in [5.41, 5.74) is 0.0317. The van der Waals surface area contributed by atoms with Crippen LogP contribution in [0.2, 0.25) is 5.02 Å². The molecule has 0 radical (unpaired) electrons. The third-order valence-corrected chi connectivity index (χ3v) is 6.83. The molecule has 1 amide bonds. The fourth-order valence-corrected chi connectivity index (χ4v) is 4.82. The monoisotopic (exact) mass is 476 g/mol. The van der Waals surface area contributed by atoms with Crippen molar-refractivity contribution < 1.29 is 22.3 Å². The smallest absolute Gasteiger partial charge is 0.258 e. The molecule has 0 aliphatic carbocycles. The standard InChI is InChI=1S/C17H15BrClFN2O4S/c18-11-1-3-13(15(20)9-11)17(23)21-12-2-4-14(19)16(10-12)27(24,25)22-5-7-26-8-6-22/h1-4,9-10H,5-8H2,(H,21,23). The van der Waals surface area contributed by atoms with Gasteiger partial charge in [-0.15, -0.1) is 0 Å². The Hall–Kier alpha value is -1.52. The summed E-state index contributed by atoms with van der Waals surface area (Å²) >= 11 is 9.20. The van der Waals surface area contributed by atoms with Crippen molar-refractivity contribution in [3.63, 3.8) is 0 Å². The Labute approximate surface area is 169 Å². The molecule has 2 aromatic carbocycles. The van der Waals surface area contributed by atoms with E-state index < -0.39 is 21.7 Å². The second-order valence-electron chi connectivity index (χ2n) is 5.74. The van der Waals surface area contributed by atoms with Crippen LogP contribution in [0.4, 0.5) is 10.1 Å². The highest BCUT2D eigenvalue weighted by atomic mass is 79.9. The molecular weight excluding hydrogens is 463 g/mol. The van der Waals surface area contributed by atoms with E-state index in [1.165, 1.54) is 40.7 Å². The predicted molar refractivity (Wildman–Crippen MR) is 103 cm³/mol. The second-order valence-corrected chi connectivity index (χ2v) is 8.97. The Morgan fingerprint density at radius 3 is 2.56 bits per heavy atom. The number of nitrogens with zero attached hydrogens (tertiary/aromatic N) is 1. The van der Waals surface area contributed by atoms with Gasteiger partial charge in [0, 0.05) is 23.2 Å². The van der Waals surface area contributed by atoms with Crippen LogP contribution in [0.25, 0.3) is 0 Å². The number of anilines is 1. The van der Waals surface area contributed by atoms with Crippen LogP contribution in [0, 0.1) is 5.82 Å². The fraction of sp³-hybridized carbons (Fsp3) is 0.235. The van der Waals surface area contributed by atoms with Gasteiger partial charge in [0.15, 0.2) is 0 Å². The van der Waals surface area contributed by atoms with Crippen molar-refractivity contribution in [2.24, 2.45) is 0 Å². The Kier molecular flexibility index (Phi) is 6.17. The minimum Gasteiger partial charge on any atom is -0.379 e. The van der Waals surface area contributed by atoms with Gasteiger partial charge in [-0.25, -0.2) is 12.8 Å². The Morgan fingerprint density at radius 1 is 1.19 bits per heavy atom. The SMILES string of the molecule is O=C(Nc1ccc(Cl)c(S(=O)(=O)N2CCOCC2)c1)c1ccc(Br)cc1F. The number of morpholine rings is 1. The highest BCUT2D eigenvalue weighted by Gasteiger charge is 2.28. The van der Waals surface area contributed by atoms with Crippen LogP contribution >= 0.6 is 27.5 Å². The lowest BCUT2D eigenvalue weighted by Crippen LogP contribution is -2.40. The predicted octanol–water partition coefficient (Wildman–Crippen LogP) is 3.51. The van der Waals surface area contributed by atoms with E-state index in [-0.39, 0.29) is 34.3 Å². The van der Waals surface area contributed by atoms with Gasteiger partial charge in [-0.2, -0.15) is 4.31 Å². The summed E-state index contributed by atoms with van der Waals surface area (Å²) in [7, 11) is -3.84. The number of hydrogen-bond donors (Lipinski definition) is 1. The van der Waals surface area contributed by atoms with E-state index in [2.05, 4.69) is 21.2 Å². The first-order valence-corrected chi connectivity index (χ1v) is 10.5. The normalized spacial score (nSPS) is 15.5. The van der Waals surface area contributed by atoms with Crippen molar-refractivity contribution in [3.8, 4) is 0 Å². The first kappa shape index (κ1) is 20.2. The average molecular weight is 478 g/mol. The molecule has 144 valence electrons. The number of ether oxygens (including phenoxy) is 1. The molecule has 0 unspecified atom stereocenters. The molecule has 1 aliphatic rings. The van der Waals surface area contributed by atoms with E-state index in [0.29, 0.717) is 17.7 Å². The highest BCUT2D eigenvalue weighted by Crippen LogP contribution is 2.28.